The van der Waals surface area contributed by atoms with E-state index in [0.29, 0.717) is 0 Å². The molecule has 0 saturated heterocycles. The fourth-order valence-corrected chi connectivity index (χ4v) is 17.6. The molecule has 0 unspecified atom stereocenters. The van der Waals surface area contributed by atoms with Gasteiger partial charge in [-0.1, -0.05) is 224 Å². The van der Waals surface area contributed by atoms with Gasteiger partial charge in [0.25, 0.3) is 0 Å². The number of nitrogens with zero attached hydrogens (tertiary/aromatic N) is 2. The van der Waals surface area contributed by atoms with Crippen LogP contribution in [0.1, 0.15) is 0 Å². The maximum Gasteiger partial charge on any atom is 0.184 e. The maximum atomic E-state index is 6.98. The zero-order valence-corrected chi connectivity index (χ0v) is 43.7. The quantitative estimate of drug-likeness (QED) is 0.134. The minimum atomic E-state index is -2.83. The van der Waals surface area contributed by atoms with Gasteiger partial charge in [-0.3, -0.25) is 0 Å². The lowest BCUT2D eigenvalue weighted by Crippen LogP contribution is -2.77. The predicted octanol–water partition coefficient (Wildman–Crippen LogP) is 17.5. The molecule has 0 spiro atoms. The van der Waals surface area contributed by atoms with Gasteiger partial charge in [0.05, 0.1) is 0 Å². The predicted molar refractivity (Wildman–Crippen MR) is 332 cm³/mol. The summed E-state index contributed by atoms with van der Waals surface area (Å²) >= 11 is 0. The van der Waals surface area contributed by atoms with Gasteiger partial charge >= 0.3 is 0 Å². The normalized spacial score (nSPS) is 12.7. The first-order valence-electron chi connectivity index (χ1n) is 26.8. The Morgan fingerprint density at radius 3 is 1.36 bits per heavy atom. The maximum absolute atomic E-state index is 6.98. The molecular formula is C74H50N2OSi. The highest BCUT2D eigenvalue weighted by Crippen LogP contribution is 2.44. The SMILES string of the molecule is c1ccc(N2c3ccccc3[Si](c3ccccc3)(c3ccccc3)c3ccc(-c4ccc5c(c4)oc4cc(N(c6ccc(-c7cccc8ccccc78)cc6)c6ccc(-c7cccc8ccccc78)cc6)ccc45)cc32)cc1. The second-order valence-corrected chi connectivity index (χ2v) is 24.1. The number of para-hydroxylation sites is 2. The summed E-state index contributed by atoms with van der Waals surface area (Å²) in [7, 11) is -2.83. The van der Waals surface area contributed by atoms with E-state index < -0.39 is 8.07 Å². The smallest absolute Gasteiger partial charge is 0.184 e. The molecule has 0 bridgehead atoms. The van der Waals surface area contributed by atoms with Crippen molar-refractivity contribution >= 4 is 106 Å². The first kappa shape index (κ1) is 45.4. The van der Waals surface area contributed by atoms with E-state index in [1.54, 1.807) is 0 Å². The molecule has 13 aromatic carbocycles. The van der Waals surface area contributed by atoms with E-state index in [2.05, 4.69) is 313 Å². The Morgan fingerprint density at radius 1 is 0.295 bits per heavy atom. The molecule has 14 aromatic rings. The average Bonchev–Trinajstić information content (AvgIpc) is 3.48. The van der Waals surface area contributed by atoms with E-state index >= 15 is 0 Å². The molecule has 0 aliphatic carbocycles. The highest BCUT2D eigenvalue weighted by atomic mass is 28.3. The topological polar surface area (TPSA) is 19.6 Å². The molecule has 0 N–H and O–H groups in total. The van der Waals surface area contributed by atoms with Crippen LogP contribution in [-0.2, 0) is 0 Å². The van der Waals surface area contributed by atoms with E-state index in [9.17, 15) is 0 Å². The first-order chi connectivity index (χ1) is 38.7. The van der Waals surface area contributed by atoms with Crippen molar-refractivity contribution in [1.82, 2.24) is 0 Å². The molecule has 0 atom stereocenters. The summed E-state index contributed by atoms with van der Waals surface area (Å²) in [6, 6.07) is 111. The Morgan fingerprint density at radius 2 is 0.744 bits per heavy atom. The Bertz CT molecular complexity index is 4380. The van der Waals surface area contributed by atoms with Crippen molar-refractivity contribution in [2.45, 2.75) is 0 Å². The Labute approximate surface area is 454 Å². The van der Waals surface area contributed by atoms with Gasteiger partial charge in [-0.2, -0.15) is 0 Å². The molecule has 15 rings (SSSR count). The molecule has 2 heterocycles. The highest BCUT2D eigenvalue weighted by molar-refractivity contribution is 7.21. The van der Waals surface area contributed by atoms with Crippen LogP contribution in [0.4, 0.5) is 34.1 Å². The van der Waals surface area contributed by atoms with E-state index in [1.807, 2.05) is 0 Å². The minimum absolute atomic E-state index is 0.836. The lowest BCUT2D eigenvalue weighted by atomic mass is 9.97. The van der Waals surface area contributed by atoms with Crippen LogP contribution in [0.15, 0.2) is 308 Å². The molecule has 3 nitrogen and oxygen atoms in total. The van der Waals surface area contributed by atoms with Crippen LogP contribution in [0.25, 0.3) is 76.9 Å². The van der Waals surface area contributed by atoms with Crippen molar-refractivity contribution in [2.24, 2.45) is 0 Å². The summed E-state index contributed by atoms with van der Waals surface area (Å²) in [5, 5.41) is 12.6. The number of hydrogen-bond acceptors (Lipinski definition) is 3. The number of rotatable bonds is 9. The highest BCUT2D eigenvalue weighted by Gasteiger charge is 2.48. The standard InChI is InChI=1S/C74H50N2OSi/c1-4-22-57(23-5-1)76-69-32-14-15-33-73(69)78(61-24-6-2-7-25-61,62-26-8-3-9-27-62)74-47-39-55(48-70(74)76)56-38-45-67-68-46-44-60(50-72(68)77-71(67)49-56)75(58-40-34-53(35-41-58)65-30-16-20-51-18-10-12-28-63(51)65)59-42-36-54(37-43-59)66-31-17-21-52-19-11-13-29-64(52)66/h1-50H. The Balaban J connectivity index is 0.851. The number of anilines is 6. The van der Waals surface area contributed by atoms with Crippen molar-refractivity contribution in [2.75, 3.05) is 9.80 Å². The monoisotopic (exact) mass is 1010 g/mol. The summed E-state index contributed by atoms with van der Waals surface area (Å²) in [5.74, 6) is 0. The van der Waals surface area contributed by atoms with Crippen molar-refractivity contribution < 1.29 is 4.42 Å². The van der Waals surface area contributed by atoms with Crippen LogP contribution in [0, 0.1) is 0 Å². The Hall–Kier alpha value is -10.0. The average molecular weight is 1010 g/mol. The number of hydrogen-bond donors (Lipinski definition) is 0. The van der Waals surface area contributed by atoms with Gasteiger partial charge in [0.15, 0.2) is 8.07 Å². The molecule has 0 amide bonds. The fraction of sp³-hybridized carbons (Fsp3) is 0. The summed E-state index contributed by atoms with van der Waals surface area (Å²) in [4.78, 5) is 4.82. The molecule has 366 valence electrons. The van der Waals surface area contributed by atoms with Gasteiger partial charge in [0.2, 0.25) is 0 Å². The molecule has 0 fully saturated rings. The molecule has 1 aliphatic heterocycles. The van der Waals surface area contributed by atoms with Gasteiger partial charge in [-0.15, -0.1) is 0 Å². The van der Waals surface area contributed by atoms with Crippen LogP contribution >= 0.6 is 0 Å². The van der Waals surface area contributed by atoms with Crippen molar-refractivity contribution in [3.63, 3.8) is 0 Å². The van der Waals surface area contributed by atoms with Crippen molar-refractivity contribution in [3.8, 4) is 33.4 Å². The van der Waals surface area contributed by atoms with Gasteiger partial charge in [0.1, 0.15) is 11.2 Å². The number of furan rings is 1. The third kappa shape index (κ3) is 7.41. The molecule has 4 heteroatoms. The second-order valence-electron chi connectivity index (χ2n) is 20.4. The molecule has 1 aromatic heterocycles. The zero-order chi connectivity index (χ0) is 51.6. The summed E-state index contributed by atoms with van der Waals surface area (Å²) in [6.45, 7) is 0. The molecular weight excluding hydrogens is 961 g/mol. The number of benzene rings is 13. The first-order valence-corrected chi connectivity index (χ1v) is 28.8. The lowest BCUT2D eigenvalue weighted by Gasteiger charge is -2.45. The van der Waals surface area contributed by atoms with Gasteiger partial charge < -0.3 is 14.2 Å². The van der Waals surface area contributed by atoms with Crippen LogP contribution in [0.2, 0.25) is 0 Å². The van der Waals surface area contributed by atoms with E-state index in [0.717, 1.165) is 55.8 Å². The van der Waals surface area contributed by atoms with Crippen LogP contribution in [0.5, 0.6) is 0 Å². The zero-order valence-electron chi connectivity index (χ0n) is 42.7. The third-order valence-corrected chi connectivity index (χ3v) is 21.0. The van der Waals surface area contributed by atoms with Gasteiger partial charge in [-0.25, -0.2) is 0 Å². The lowest BCUT2D eigenvalue weighted by molar-refractivity contribution is 0.669. The van der Waals surface area contributed by atoms with E-state index in [4.69, 9.17) is 4.42 Å². The third-order valence-electron chi connectivity index (χ3n) is 16.1. The van der Waals surface area contributed by atoms with Crippen LogP contribution < -0.4 is 30.5 Å². The number of fused-ring (bicyclic) bond motifs is 7. The van der Waals surface area contributed by atoms with E-state index in [-0.39, 0.29) is 0 Å². The molecule has 78 heavy (non-hydrogen) atoms. The van der Waals surface area contributed by atoms with Crippen molar-refractivity contribution in [3.05, 3.63) is 303 Å². The largest absolute Gasteiger partial charge is 0.456 e. The fourth-order valence-electron chi connectivity index (χ4n) is 12.6. The minimum Gasteiger partial charge on any atom is -0.456 e. The van der Waals surface area contributed by atoms with Gasteiger partial charge in [-0.05, 0) is 148 Å². The molecule has 1 aliphatic rings. The second kappa shape index (κ2) is 18.7. The van der Waals surface area contributed by atoms with Crippen molar-refractivity contribution in [1.29, 1.82) is 0 Å². The van der Waals surface area contributed by atoms with Crippen LogP contribution in [0.3, 0.4) is 0 Å². The summed E-state index contributed by atoms with van der Waals surface area (Å²) in [6.07, 6.45) is 0. The summed E-state index contributed by atoms with van der Waals surface area (Å²) < 4.78 is 6.98. The van der Waals surface area contributed by atoms with E-state index in [1.165, 1.54) is 75.9 Å². The van der Waals surface area contributed by atoms with Gasteiger partial charge in [0, 0.05) is 51.0 Å². The van der Waals surface area contributed by atoms with Crippen LogP contribution in [-0.4, -0.2) is 8.07 Å². The molecule has 0 radical (unpaired) electrons. The summed E-state index contributed by atoms with van der Waals surface area (Å²) in [5.41, 5.74) is 15.4. The molecule has 0 saturated carbocycles. The Kier molecular flexibility index (Phi) is 10.9.